The summed E-state index contributed by atoms with van der Waals surface area (Å²) in [7, 11) is 1.47. The van der Waals surface area contributed by atoms with Gasteiger partial charge in [0, 0.05) is 6.07 Å². The minimum absolute atomic E-state index is 0.0381. The summed E-state index contributed by atoms with van der Waals surface area (Å²) in [5.74, 6) is -0.283. The molecule has 19 heavy (non-hydrogen) atoms. The van der Waals surface area contributed by atoms with Crippen LogP contribution in [0.5, 0.6) is 17.2 Å². The van der Waals surface area contributed by atoms with Crippen molar-refractivity contribution < 1.29 is 19.7 Å². The molecule has 2 rings (SSSR count). The number of anilines is 1. The summed E-state index contributed by atoms with van der Waals surface area (Å²) in [4.78, 5) is 12.0. The van der Waals surface area contributed by atoms with Gasteiger partial charge in [0.1, 0.15) is 17.2 Å². The van der Waals surface area contributed by atoms with E-state index in [0.29, 0.717) is 5.75 Å². The fourth-order valence-electron chi connectivity index (χ4n) is 1.60. The Morgan fingerprint density at radius 3 is 2.47 bits per heavy atom. The molecule has 0 aliphatic carbocycles. The maximum Gasteiger partial charge on any atom is 0.259 e. The fourth-order valence-corrected chi connectivity index (χ4v) is 1.60. The standard InChI is InChI=1S/C14H13NO4/c1-19-9-6-7-10(13(17)8-9)14(18)15-11-4-2-3-5-12(11)16/h2-8,16-17H,1H3,(H,15,18). The van der Waals surface area contributed by atoms with Gasteiger partial charge in [0.15, 0.2) is 0 Å². The molecule has 3 N–H and O–H groups in total. The van der Waals surface area contributed by atoms with Gasteiger partial charge in [-0.15, -0.1) is 0 Å². The number of phenolic OH excluding ortho intramolecular Hbond substituents is 2. The summed E-state index contributed by atoms with van der Waals surface area (Å²) in [5, 5.41) is 21.8. The lowest BCUT2D eigenvalue weighted by Gasteiger charge is -2.09. The van der Waals surface area contributed by atoms with Gasteiger partial charge >= 0.3 is 0 Å². The lowest BCUT2D eigenvalue weighted by molar-refractivity contribution is 0.102. The van der Waals surface area contributed by atoms with Crippen molar-refractivity contribution in [1.82, 2.24) is 0 Å². The lowest BCUT2D eigenvalue weighted by atomic mass is 10.1. The van der Waals surface area contributed by atoms with Crippen LogP contribution in [0.15, 0.2) is 42.5 Å². The van der Waals surface area contributed by atoms with Crippen LogP contribution in [0.1, 0.15) is 10.4 Å². The zero-order valence-electron chi connectivity index (χ0n) is 10.3. The van der Waals surface area contributed by atoms with Crippen molar-refractivity contribution >= 4 is 11.6 Å². The minimum Gasteiger partial charge on any atom is -0.507 e. The molecular weight excluding hydrogens is 246 g/mol. The van der Waals surface area contributed by atoms with Crippen LogP contribution >= 0.6 is 0 Å². The number of phenols is 2. The molecule has 2 aromatic rings. The molecule has 1 amide bonds. The second kappa shape index (κ2) is 5.30. The monoisotopic (exact) mass is 259 g/mol. The first-order valence-electron chi connectivity index (χ1n) is 5.58. The van der Waals surface area contributed by atoms with E-state index in [-0.39, 0.29) is 22.7 Å². The molecule has 5 nitrogen and oxygen atoms in total. The highest BCUT2D eigenvalue weighted by Crippen LogP contribution is 2.26. The van der Waals surface area contributed by atoms with Crippen LogP contribution in [0.4, 0.5) is 5.69 Å². The van der Waals surface area contributed by atoms with Crippen molar-refractivity contribution in [2.75, 3.05) is 12.4 Å². The molecule has 0 saturated carbocycles. The number of benzene rings is 2. The summed E-state index contributed by atoms with van der Waals surface area (Å²) < 4.78 is 4.94. The first kappa shape index (κ1) is 12.8. The van der Waals surface area contributed by atoms with Gasteiger partial charge in [-0.1, -0.05) is 12.1 Å². The minimum atomic E-state index is -0.512. The van der Waals surface area contributed by atoms with E-state index in [4.69, 9.17) is 4.74 Å². The Morgan fingerprint density at radius 2 is 1.84 bits per heavy atom. The predicted molar refractivity (Wildman–Crippen MR) is 70.7 cm³/mol. The van der Waals surface area contributed by atoms with Crippen molar-refractivity contribution in [2.45, 2.75) is 0 Å². The van der Waals surface area contributed by atoms with Crippen LogP contribution in [0, 0.1) is 0 Å². The zero-order valence-corrected chi connectivity index (χ0v) is 10.3. The molecule has 98 valence electrons. The summed E-state index contributed by atoms with van der Waals surface area (Å²) in [6, 6.07) is 10.7. The van der Waals surface area contributed by atoms with Crippen LogP contribution in [0.2, 0.25) is 0 Å². The van der Waals surface area contributed by atoms with Crippen LogP contribution in [0.3, 0.4) is 0 Å². The van der Waals surface area contributed by atoms with Crippen molar-refractivity contribution in [3.63, 3.8) is 0 Å². The molecule has 0 spiro atoms. The summed E-state index contributed by atoms with van der Waals surface area (Å²) >= 11 is 0. The molecule has 0 aliphatic rings. The van der Waals surface area contributed by atoms with Crippen molar-refractivity contribution in [3.05, 3.63) is 48.0 Å². The van der Waals surface area contributed by atoms with Crippen LogP contribution < -0.4 is 10.1 Å². The highest BCUT2D eigenvalue weighted by atomic mass is 16.5. The van der Waals surface area contributed by atoms with E-state index in [1.54, 1.807) is 24.3 Å². The van der Waals surface area contributed by atoms with Crippen molar-refractivity contribution in [1.29, 1.82) is 0 Å². The highest BCUT2D eigenvalue weighted by molar-refractivity contribution is 6.06. The third-order valence-electron chi connectivity index (χ3n) is 2.60. The molecule has 0 unspecified atom stereocenters. The van der Waals surface area contributed by atoms with Gasteiger partial charge in [-0.3, -0.25) is 4.79 Å². The summed E-state index contributed by atoms with van der Waals surface area (Å²) in [5.41, 5.74) is 0.381. The molecule has 0 aliphatic heterocycles. The number of aromatic hydroxyl groups is 2. The van der Waals surface area contributed by atoms with E-state index in [1.165, 1.54) is 25.3 Å². The van der Waals surface area contributed by atoms with E-state index < -0.39 is 5.91 Å². The third-order valence-corrected chi connectivity index (χ3v) is 2.60. The Morgan fingerprint density at radius 1 is 1.11 bits per heavy atom. The third kappa shape index (κ3) is 2.77. The van der Waals surface area contributed by atoms with E-state index in [2.05, 4.69) is 5.32 Å². The van der Waals surface area contributed by atoms with Gasteiger partial charge < -0.3 is 20.3 Å². The fraction of sp³-hybridized carbons (Fsp3) is 0.0714. The number of nitrogens with one attached hydrogen (secondary N) is 1. The SMILES string of the molecule is COc1ccc(C(=O)Nc2ccccc2O)c(O)c1. The molecule has 0 saturated heterocycles. The molecule has 0 radical (unpaired) electrons. The van der Waals surface area contributed by atoms with E-state index in [0.717, 1.165) is 0 Å². The summed E-state index contributed by atoms with van der Waals surface area (Å²) in [6.45, 7) is 0. The largest absolute Gasteiger partial charge is 0.507 e. The molecule has 0 atom stereocenters. The maximum absolute atomic E-state index is 12.0. The first-order chi connectivity index (χ1) is 9.11. The van der Waals surface area contributed by atoms with Crippen LogP contribution in [-0.2, 0) is 0 Å². The van der Waals surface area contributed by atoms with Gasteiger partial charge in [-0.2, -0.15) is 0 Å². The smallest absolute Gasteiger partial charge is 0.259 e. The van der Waals surface area contributed by atoms with E-state index in [1.807, 2.05) is 0 Å². The van der Waals surface area contributed by atoms with Gasteiger partial charge in [0.2, 0.25) is 0 Å². The number of hydrogen-bond acceptors (Lipinski definition) is 4. The number of carbonyl (C=O) groups excluding carboxylic acids is 1. The normalized spacial score (nSPS) is 9.95. The van der Waals surface area contributed by atoms with Crippen molar-refractivity contribution in [3.8, 4) is 17.2 Å². The zero-order chi connectivity index (χ0) is 13.8. The van der Waals surface area contributed by atoms with E-state index in [9.17, 15) is 15.0 Å². The number of hydrogen-bond donors (Lipinski definition) is 3. The van der Waals surface area contributed by atoms with Gasteiger partial charge in [-0.25, -0.2) is 0 Å². The average Bonchev–Trinajstić information content (AvgIpc) is 2.41. The Bertz CT molecular complexity index is 610. The maximum atomic E-state index is 12.0. The molecule has 0 heterocycles. The lowest BCUT2D eigenvalue weighted by Crippen LogP contribution is -2.12. The predicted octanol–water partition coefficient (Wildman–Crippen LogP) is 2.36. The van der Waals surface area contributed by atoms with Crippen LogP contribution in [-0.4, -0.2) is 23.2 Å². The van der Waals surface area contributed by atoms with Gasteiger partial charge in [0.05, 0.1) is 18.4 Å². The molecule has 0 aromatic heterocycles. The second-order valence-electron chi connectivity index (χ2n) is 3.85. The average molecular weight is 259 g/mol. The van der Waals surface area contributed by atoms with E-state index >= 15 is 0 Å². The first-order valence-corrected chi connectivity index (χ1v) is 5.58. The number of amides is 1. The van der Waals surface area contributed by atoms with Gasteiger partial charge in [-0.05, 0) is 24.3 Å². The molecule has 0 fully saturated rings. The summed E-state index contributed by atoms with van der Waals surface area (Å²) in [6.07, 6.45) is 0. The highest BCUT2D eigenvalue weighted by Gasteiger charge is 2.13. The quantitative estimate of drug-likeness (QED) is 0.739. The Labute approximate surface area is 110 Å². The Kier molecular flexibility index (Phi) is 3.56. The van der Waals surface area contributed by atoms with Gasteiger partial charge in [0.25, 0.3) is 5.91 Å². The number of carbonyl (C=O) groups is 1. The second-order valence-corrected chi connectivity index (χ2v) is 3.85. The topological polar surface area (TPSA) is 78.8 Å². The molecular formula is C14H13NO4. The molecule has 5 heteroatoms. The molecule has 0 bridgehead atoms. The number of methoxy groups -OCH3 is 1. The Hall–Kier alpha value is -2.69. The number of ether oxygens (including phenoxy) is 1. The number of para-hydroxylation sites is 2. The van der Waals surface area contributed by atoms with Crippen LogP contribution in [0.25, 0.3) is 0 Å². The number of rotatable bonds is 3. The molecule has 2 aromatic carbocycles. The Balaban J connectivity index is 2.23. The van der Waals surface area contributed by atoms with Crippen molar-refractivity contribution in [2.24, 2.45) is 0 Å².